The molecule has 0 bridgehead atoms. The van der Waals surface area contributed by atoms with E-state index in [1.807, 2.05) is 6.92 Å². The zero-order valence-corrected chi connectivity index (χ0v) is 12.9. The first-order chi connectivity index (χ1) is 10.8. The van der Waals surface area contributed by atoms with Crippen LogP contribution in [0.25, 0.3) is 0 Å². The van der Waals surface area contributed by atoms with Crippen molar-refractivity contribution in [3.8, 4) is 5.75 Å². The summed E-state index contributed by atoms with van der Waals surface area (Å²) in [5, 5.41) is 9.50. The van der Waals surface area contributed by atoms with Gasteiger partial charge in [0.05, 0.1) is 0 Å². The van der Waals surface area contributed by atoms with E-state index in [4.69, 9.17) is 0 Å². The molecule has 0 unspecified atom stereocenters. The highest BCUT2D eigenvalue weighted by Gasteiger charge is 2.34. The number of aliphatic hydroxyl groups is 1. The van der Waals surface area contributed by atoms with E-state index < -0.39 is 12.1 Å². The third-order valence-electron chi connectivity index (χ3n) is 4.51. The van der Waals surface area contributed by atoms with Crippen LogP contribution >= 0.6 is 0 Å². The van der Waals surface area contributed by atoms with E-state index in [9.17, 15) is 23.1 Å². The quantitative estimate of drug-likeness (QED) is 0.922. The fourth-order valence-electron chi connectivity index (χ4n) is 2.82. The SMILES string of the molecule is CCC1(CO)CCN(C(=O)c2cccc(OC(F)(F)F)c2)CC1. The lowest BCUT2D eigenvalue weighted by Crippen LogP contribution is -2.44. The number of rotatable bonds is 4. The van der Waals surface area contributed by atoms with Gasteiger partial charge in [-0.05, 0) is 42.9 Å². The zero-order chi connectivity index (χ0) is 17.1. The number of hydrogen-bond acceptors (Lipinski definition) is 3. The highest BCUT2D eigenvalue weighted by atomic mass is 19.4. The number of piperidine rings is 1. The van der Waals surface area contributed by atoms with Crippen molar-refractivity contribution >= 4 is 5.91 Å². The molecule has 2 rings (SSSR count). The Kier molecular flexibility index (Phi) is 5.19. The maximum atomic E-state index is 12.4. The fraction of sp³-hybridized carbons (Fsp3) is 0.562. The predicted molar refractivity (Wildman–Crippen MR) is 78.1 cm³/mol. The van der Waals surface area contributed by atoms with Crippen LogP contribution in [0.2, 0.25) is 0 Å². The van der Waals surface area contributed by atoms with E-state index in [0.717, 1.165) is 18.6 Å². The maximum Gasteiger partial charge on any atom is 0.573 e. The van der Waals surface area contributed by atoms with Crippen molar-refractivity contribution in [3.63, 3.8) is 0 Å². The van der Waals surface area contributed by atoms with Crippen molar-refractivity contribution in [3.05, 3.63) is 29.8 Å². The molecule has 1 fully saturated rings. The van der Waals surface area contributed by atoms with E-state index in [-0.39, 0.29) is 23.5 Å². The van der Waals surface area contributed by atoms with Crippen LogP contribution in [0.1, 0.15) is 36.5 Å². The normalized spacial score (nSPS) is 17.9. The van der Waals surface area contributed by atoms with Crippen LogP contribution in [0.3, 0.4) is 0 Å². The number of hydrogen-bond donors (Lipinski definition) is 1. The average molecular weight is 331 g/mol. The second-order valence-corrected chi connectivity index (χ2v) is 5.88. The fourth-order valence-corrected chi connectivity index (χ4v) is 2.82. The van der Waals surface area contributed by atoms with E-state index in [1.54, 1.807) is 4.90 Å². The molecular formula is C16H20F3NO3. The molecule has 0 saturated carbocycles. The summed E-state index contributed by atoms with van der Waals surface area (Å²) in [5.41, 5.74) is 0.0117. The Morgan fingerprint density at radius 2 is 2.00 bits per heavy atom. The molecule has 1 aromatic rings. The largest absolute Gasteiger partial charge is 0.573 e. The number of ether oxygens (including phenoxy) is 1. The molecule has 0 atom stereocenters. The van der Waals surface area contributed by atoms with E-state index in [2.05, 4.69) is 4.74 Å². The van der Waals surface area contributed by atoms with E-state index in [0.29, 0.717) is 25.9 Å². The molecule has 0 aromatic heterocycles. The molecule has 1 amide bonds. The van der Waals surface area contributed by atoms with Crippen LogP contribution in [0, 0.1) is 5.41 Å². The second kappa shape index (κ2) is 6.78. The van der Waals surface area contributed by atoms with Crippen molar-refractivity contribution in [2.45, 2.75) is 32.5 Å². The van der Waals surface area contributed by atoms with Gasteiger partial charge >= 0.3 is 6.36 Å². The summed E-state index contributed by atoms with van der Waals surface area (Å²) in [6.45, 7) is 3.06. The highest BCUT2D eigenvalue weighted by molar-refractivity contribution is 5.94. The Morgan fingerprint density at radius 1 is 1.35 bits per heavy atom. The van der Waals surface area contributed by atoms with Gasteiger partial charge in [0.1, 0.15) is 5.75 Å². The third kappa shape index (κ3) is 4.37. The number of likely N-dealkylation sites (tertiary alicyclic amines) is 1. The Balaban J connectivity index is 2.06. The summed E-state index contributed by atoms with van der Waals surface area (Å²) in [6, 6.07) is 5.10. The molecule has 1 aromatic carbocycles. The summed E-state index contributed by atoms with van der Waals surface area (Å²) in [7, 11) is 0. The van der Waals surface area contributed by atoms with Gasteiger partial charge in [-0.2, -0.15) is 0 Å². The van der Waals surface area contributed by atoms with Crippen molar-refractivity contribution in [2.75, 3.05) is 19.7 Å². The molecule has 4 nitrogen and oxygen atoms in total. The lowest BCUT2D eigenvalue weighted by Gasteiger charge is -2.40. The van der Waals surface area contributed by atoms with Crippen LogP contribution in [-0.4, -0.2) is 42.0 Å². The van der Waals surface area contributed by atoms with Crippen LogP contribution in [0.5, 0.6) is 5.75 Å². The van der Waals surface area contributed by atoms with Crippen molar-refractivity contribution in [1.29, 1.82) is 0 Å². The summed E-state index contributed by atoms with van der Waals surface area (Å²) >= 11 is 0. The van der Waals surface area contributed by atoms with Gasteiger partial charge in [-0.25, -0.2) is 0 Å². The smallest absolute Gasteiger partial charge is 0.406 e. The van der Waals surface area contributed by atoms with Crippen LogP contribution in [-0.2, 0) is 0 Å². The molecule has 0 spiro atoms. The minimum atomic E-state index is -4.78. The number of carbonyl (C=O) groups excluding carboxylic acids is 1. The number of aliphatic hydroxyl groups excluding tert-OH is 1. The molecule has 0 aliphatic carbocycles. The Hall–Kier alpha value is -1.76. The maximum absolute atomic E-state index is 12.4. The van der Waals surface area contributed by atoms with Gasteiger partial charge < -0.3 is 14.7 Å². The minimum absolute atomic E-state index is 0.0838. The number of nitrogens with zero attached hydrogens (tertiary/aromatic N) is 1. The molecule has 128 valence electrons. The molecule has 0 radical (unpaired) electrons. The number of alkyl halides is 3. The number of carbonyl (C=O) groups is 1. The van der Waals surface area contributed by atoms with Crippen LogP contribution in [0.15, 0.2) is 24.3 Å². The minimum Gasteiger partial charge on any atom is -0.406 e. The van der Waals surface area contributed by atoms with Gasteiger partial charge in [-0.1, -0.05) is 13.0 Å². The summed E-state index contributed by atoms with van der Waals surface area (Å²) in [6.07, 6.45) is -2.58. The zero-order valence-electron chi connectivity index (χ0n) is 12.9. The molecule has 1 saturated heterocycles. The first-order valence-corrected chi connectivity index (χ1v) is 7.54. The monoisotopic (exact) mass is 331 g/mol. The summed E-state index contributed by atoms with van der Waals surface area (Å²) < 4.78 is 40.6. The Morgan fingerprint density at radius 3 is 2.52 bits per heavy atom. The molecule has 1 aliphatic heterocycles. The third-order valence-corrected chi connectivity index (χ3v) is 4.51. The first-order valence-electron chi connectivity index (χ1n) is 7.54. The molecular weight excluding hydrogens is 311 g/mol. The predicted octanol–water partition coefficient (Wildman–Crippen LogP) is 3.21. The molecule has 1 heterocycles. The van der Waals surface area contributed by atoms with Crippen molar-refractivity contribution < 1.29 is 27.8 Å². The standard InChI is InChI=1S/C16H20F3NO3/c1-2-15(11-21)6-8-20(9-7-15)14(22)12-4-3-5-13(10-12)23-16(17,18)19/h3-5,10,21H,2,6-9,11H2,1H3. The summed E-state index contributed by atoms with van der Waals surface area (Å²) in [4.78, 5) is 14.0. The highest BCUT2D eigenvalue weighted by Crippen LogP contribution is 2.34. The lowest BCUT2D eigenvalue weighted by molar-refractivity contribution is -0.274. The van der Waals surface area contributed by atoms with Crippen molar-refractivity contribution in [1.82, 2.24) is 4.90 Å². The average Bonchev–Trinajstić information content (AvgIpc) is 2.53. The second-order valence-electron chi connectivity index (χ2n) is 5.88. The number of benzene rings is 1. The topological polar surface area (TPSA) is 49.8 Å². The first kappa shape index (κ1) is 17.6. The van der Waals surface area contributed by atoms with E-state index >= 15 is 0 Å². The van der Waals surface area contributed by atoms with Gasteiger partial charge in [0, 0.05) is 25.3 Å². The Labute approximate surface area is 132 Å². The van der Waals surface area contributed by atoms with Gasteiger partial charge in [-0.15, -0.1) is 13.2 Å². The molecule has 7 heteroatoms. The Bertz CT molecular complexity index is 546. The van der Waals surface area contributed by atoms with E-state index in [1.165, 1.54) is 12.1 Å². The number of halogens is 3. The van der Waals surface area contributed by atoms with Gasteiger partial charge in [0.2, 0.25) is 0 Å². The van der Waals surface area contributed by atoms with Crippen molar-refractivity contribution in [2.24, 2.45) is 5.41 Å². The van der Waals surface area contributed by atoms with Crippen LogP contribution < -0.4 is 4.74 Å². The number of amides is 1. The molecule has 1 N–H and O–H groups in total. The summed E-state index contributed by atoms with van der Waals surface area (Å²) in [5.74, 6) is -0.723. The lowest BCUT2D eigenvalue weighted by atomic mass is 9.77. The molecule has 23 heavy (non-hydrogen) atoms. The van der Waals surface area contributed by atoms with Gasteiger partial charge in [0.25, 0.3) is 5.91 Å². The van der Waals surface area contributed by atoms with Gasteiger partial charge in [0.15, 0.2) is 0 Å². The van der Waals surface area contributed by atoms with Gasteiger partial charge in [-0.3, -0.25) is 4.79 Å². The van der Waals surface area contributed by atoms with Crippen LogP contribution in [0.4, 0.5) is 13.2 Å². The molecule has 1 aliphatic rings.